The van der Waals surface area contributed by atoms with Gasteiger partial charge in [-0.2, -0.15) is 0 Å². The number of carbonyl (C=O) groups excluding carboxylic acids is 2. The van der Waals surface area contributed by atoms with Crippen molar-refractivity contribution in [2.24, 2.45) is 0 Å². The van der Waals surface area contributed by atoms with Crippen molar-refractivity contribution in [1.29, 1.82) is 0 Å². The Balaban J connectivity index is 1.91. The van der Waals surface area contributed by atoms with Crippen LogP contribution < -0.4 is 5.32 Å². The van der Waals surface area contributed by atoms with Crippen LogP contribution in [0, 0.1) is 0 Å². The first-order valence-electron chi connectivity index (χ1n) is 6.55. The van der Waals surface area contributed by atoms with Crippen molar-refractivity contribution in [1.82, 2.24) is 10.2 Å². The number of hydrogen-bond acceptors (Lipinski definition) is 2. The highest BCUT2D eigenvalue weighted by molar-refractivity contribution is 6.42. The summed E-state index contributed by atoms with van der Waals surface area (Å²) in [4.78, 5) is 25.1. The Morgan fingerprint density at radius 1 is 1.30 bits per heavy atom. The van der Waals surface area contributed by atoms with E-state index in [1.165, 1.54) is 0 Å². The molecule has 0 atom stereocenters. The molecular weight excluding hydrogens is 299 g/mol. The molecule has 1 aliphatic rings. The van der Waals surface area contributed by atoms with Crippen LogP contribution in [0.25, 0.3) is 0 Å². The number of rotatable bonds is 3. The van der Waals surface area contributed by atoms with Gasteiger partial charge in [0, 0.05) is 32.5 Å². The van der Waals surface area contributed by atoms with Gasteiger partial charge in [-0.1, -0.05) is 35.3 Å². The molecule has 1 saturated heterocycles. The third kappa shape index (κ3) is 3.87. The van der Waals surface area contributed by atoms with Gasteiger partial charge in [0.1, 0.15) is 0 Å². The number of hydrogen-bond donors (Lipinski definition) is 1. The Morgan fingerprint density at radius 2 is 2.10 bits per heavy atom. The zero-order chi connectivity index (χ0) is 14.5. The van der Waals surface area contributed by atoms with Crippen LogP contribution in [0.1, 0.15) is 18.4 Å². The van der Waals surface area contributed by atoms with Gasteiger partial charge in [-0.3, -0.25) is 9.59 Å². The van der Waals surface area contributed by atoms with Crippen LogP contribution in [0.4, 0.5) is 0 Å². The van der Waals surface area contributed by atoms with E-state index in [1.54, 1.807) is 11.0 Å². The molecule has 1 aromatic rings. The number of halogens is 2. The molecule has 2 amide bonds. The van der Waals surface area contributed by atoms with Crippen LogP contribution >= 0.6 is 23.2 Å². The van der Waals surface area contributed by atoms with Gasteiger partial charge in [0.2, 0.25) is 11.8 Å². The average molecular weight is 315 g/mol. The summed E-state index contributed by atoms with van der Waals surface area (Å²) >= 11 is 12.0. The minimum atomic E-state index is -0.00168. The number of carbonyl (C=O) groups is 2. The molecule has 0 saturated carbocycles. The summed E-state index contributed by atoms with van der Waals surface area (Å²) in [6.45, 7) is 1.56. The molecule has 1 aromatic carbocycles. The second-order valence-corrected chi connectivity index (χ2v) is 5.48. The number of amides is 2. The van der Waals surface area contributed by atoms with E-state index >= 15 is 0 Å². The smallest absolute Gasteiger partial charge is 0.222 e. The molecule has 1 heterocycles. The quantitative estimate of drug-likeness (QED) is 0.930. The Hall–Kier alpha value is -1.26. The largest absolute Gasteiger partial charge is 0.354 e. The van der Waals surface area contributed by atoms with Crippen molar-refractivity contribution in [2.45, 2.75) is 19.3 Å². The minimum Gasteiger partial charge on any atom is -0.354 e. The lowest BCUT2D eigenvalue weighted by molar-refractivity contribution is -0.131. The Kier molecular flexibility index (Phi) is 5.26. The summed E-state index contributed by atoms with van der Waals surface area (Å²) in [5.74, 6) is 0.0377. The van der Waals surface area contributed by atoms with Crippen molar-refractivity contribution in [3.63, 3.8) is 0 Å². The minimum absolute atomic E-state index is 0.00168. The second kappa shape index (κ2) is 6.95. The van der Waals surface area contributed by atoms with Gasteiger partial charge in [0.05, 0.1) is 10.0 Å². The topological polar surface area (TPSA) is 49.4 Å². The van der Waals surface area contributed by atoms with Crippen molar-refractivity contribution in [2.75, 3.05) is 19.6 Å². The van der Waals surface area contributed by atoms with Gasteiger partial charge in [-0.25, -0.2) is 0 Å². The van der Waals surface area contributed by atoms with Crippen LogP contribution in [-0.4, -0.2) is 36.3 Å². The van der Waals surface area contributed by atoms with Crippen molar-refractivity contribution in [3.8, 4) is 0 Å². The molecule has 0 aliphatic carbocycles. The maximum atomic E-state index is 12.1. The SMILES string of the molecule is O=C1CCN(C(=O)CCc2cccc(Cl)c2Cl)CCN1. The van der Waals surface area contributed by atoms with Crippen LogP contribution in [0.15, 0.2) is 18.2 Å². The fourth-order valence-corrected chi connectivity index (χ4v) is 2.57. The average Bonchev–Trinajstić information content (AvgIpc) is 2.65. The molecule has 0 radical (unpaired) electrons. The monoisotopic (exact) mass is 314 g/mol. The second-order valence-electron chi connectivity index (χ2n) is 4.69. The number of nitrogens with zero attached hydrogens (tertiary/aromatic N) is 1. The van der Waals surface area contributed by atoms with E-state index < -0.39 is 0 Å². The van der Waals surface area contributed by atoms with Gasteiger partial charge in [-0.15, -0.1) is 0 Å². The van der Waals surface area contributed by atoms with Gasteiger partial charge in [-0.05, 0) is 18.1 Å². The first-order chi connectivity index (χ1) is 9.58. The summed E-state index contributed by atoms with van der Waals surface area (Å²) in [6.07, 6.45) is 1.29. The fourth-order valence-electron chi connectivity index (χ4n) is 2.16. The standard InChI is InChI=1S/C14H16Cl2N2O2/c15-11-3-1-2-10(14(11)16)4-5-13(20)18-8-6-12(19)17-7-9-18/h1-3H,4-9H2,(H,17,19). The Morgan fingerprint density at radius 3 is 2.90 bits per heavy atom. The summed E-state index contributed by atoms with van der Waals surface area (Å²) in [6, 6.07) is 5.42. The van der Waals surface area contributed by atoms with E-state index in [4.69, 9.17) is 23.2 Å². The van der Waals surface area contributed by atoms with Gasteiger partial charge in [0.15, 0.2) is 0 Å². The molecular formula is C14H16Cl2N2O2. The van der Waals surface area contributed by atoms with E-state index in [9.17, 15) is 9.59 Å². The highest BCUT2D eigenvalue weighted by Gasteiger charge is 2.18. The van der Waals surface area contributed by atoms with E-state index in [2.05, 4.69) is 5.32 Å². The zero-order valence-electron chi connectivity index (χ0n) is 11.0. The van der Waals surface area contributed by atoms with Gasteiger partial charge >= 0.3 is 0 Å². The molecule has 0 bridgehead atoms. The predicted octanol–water partition coefficient (Wildman–Crippen LogP) is 2.27. The van der Waals surface area contributed by atoms with Crippen LogP contribution in [0.3, 0.4) is 0 Å². The third-order valence-electron chi connectivity index (χ3n) is 3.31. The maximum Gasteiger partial charge on any atom is 0.222 e. The molecule has 0 spiro atoms. The maximum absolute atomic E-state index is 12.1. The summed E-state index contributed by atoms with van der Waals surface area (Å²) < 4.78 is 0. The fraction of sp³-hybridized carbons (Fsp3) is 0.429. The Labute approximate surface area is 128 Å². The van der Waals surface area contributed by atoms with Crippen LogP contribution in [0.5, 0.6) is 0 Å². The lowest BCUT2D eigenvalue weighted by Crippen LogP contribution is -2.34. The van der Waals surface area contributed by atoms with Gasteiger partial charge < -0.3 is 10.2 Å². The number of benzene rings is 1. The third-order valence-corrected chi connectivity index (χ3v) is 4.16. The van der Waals surface area contributed by atoms with E-state index in [0.717, 1.165) is 5.56 Å². The summed E-state index contributed by atoms with van der Waals surface area (Å²) in [5, 5.41) is 3.76. The number of aryl methyl sites for hydroxylation is 1. The summed E-state index contributed by atoms with van der Waals surface area (Å²) in [5.41, 5.74) is 0.872. The molecule has 4 nitrogen and oxygen atoms in total. The lowest BCUT2D eigenvalue weighted by Gasteiger charge is -2.19. The first-order valence-corrected chi connectivity index (χ1v) is 7.31. The molecule has 108 valence electrons. The molecule has 1 aliphatic heterocycles. The van der Waals surface area contributed by atoms with Crippen LogP contribution in [-0.2, 0) is 16.0 Å². The van der Waals surface area contributed by atoms with Gasteiger partial charge in [0.25, 0.3) is 0 Å². The molecule has 0 aromatic heterocycles. The molecule has 1 N–H and O–H groups in total. The molecule has 2 rings (SSSR count). The molecule has 1 fully saturated rings. The normalized spacial score (nSPS) is 15.7. The predicted molar refractivity (Wildman–Crippen MR) is 79.0 cm³/mol. The molecule has 20 heavy (non-hydrogen) atoms. The highest BCUT2D eigenvalue weighted by Crippen LogP contribution is 2.26. The highest BCUT2D eigenvalue weighted by atomic mass is 35.5. The van der Waals surface area contributed by atoms with Crippen molar-refractivity contribution in [3.05, 3.63) is 33.8 Å². The lowest BCUT2D eigenvalue weighted by atomic mass is 10.1. The number of nitrogens with one attached hydrogen (secondary N) is 1. The molecule has 6 heteroatoms. The van der Waals surface area contributed by atoms with E-state index in [0.29, 0.717) is 48.9 Å². The van der Waals surface area contributed by atoms with Crippen LogP contribution in [0.2, 0.25) is 10.0 Å². The van der Waals surface area contributed by atoms with Crippen molar-refractivity contribution >= 4 is 35.0 Å². The molecule has 0 unspecified atom stereocenters. The van der Waals surface area contributed by atoms with E-state index in [-0.39, 0.29) is 11.8 Å². The van der Waals surface area contributed by atoms with E-state index in [1.807, 2.05) is 12.1 Å². The Bertz CT molecular complexity index is 520. The zero-order valence-corrected chi connectivity index (χ0v) is 12.5. The van der Waals surface area contributed by atoms with Crippen molar-refractivity contribution < 1.29 is 9.59 Å². The summed E-state index contributed by atoms with van der Waals surface area (Å²) in [7, 11) is 0. The first kappa shape index (κ1) is 15.1.